The van der Waals surface area contributed by atoms with Gasteiger partial charge in [-0.3, -0.25) is 0 Å². The molecule has 1 rings (SSSR count). The van der Waals surface area contributed by atoms with Crippen molar-refractivity contribution < 1.29 is 0 Å². The van der Waals surface area contributed by atoms with E-state index in [0.717, 1.165) is 12.3 Å². The molecule has 0 saturated carbocycles. The van der Waals surface area contributed by atoms with Crippen molar-refractivity contribution in [2.45, 2.75) is 60.8 Å². The van der Waals surface area contributed by atoms with Crippen molar-refractivity contribution in [3.63, 3.8) is 0 Å². The molecule has 0 amide bonds. The second-order valence-corrected chi connectivity index (χ2v) is 4.95. The molecule has 0 fully saturated rings. The van der Waals surface area contributed by atoms with Gasteiger partial charge in [-0.25, -0.2) is 0 Å². The van der Waals surface area contributed by atoms with Gasteiger partial charge in [0.25, 0.3) is 0 Å². The Morgan fingerprint density at radius 3 is 1.94 bits per heavy atom. The Balaban J connectivity index is 0.000000325. The van der Waals surface area contributed by atoms with Crippen LogP contribution in [0.25, 0.3) is 0 Å². The minimum atomic E-state index is 0.898. The lowest BCUT2D eigenvalue weighted by atomic mass is 10.1. The molecule has 0 radical (unpaired) electrons. The molecule has 0 atom stereocenters. The molecule has 92 valence electrons. The molecule has 0 spiro atoms. The normalized spacial score (nSPS) is 9.94. The second-order valence-electron chi connectivity index (χ2n) is 4.95. The molecule has 1 aromatic carbocycles. The first-order chi connectivity index (χ1) is 7.51. The Bertz CT molecular complexity index is 284. The molecule has 0 heterocycles. The van der Waals surface area contributed by atoms with Crippen LogP contribution in [0.3, 0.4) is 0 Å². The molecule has 0 nitrogen and oxygen atoms in total. The maximum absolute atomic E-state index is 2.26. The molecular weight excluding hydrogens is 192 g/mol. The Morgan fingerprint density at radius 2 is 1.62 bits per heavy atom. The van der Waals surface area contributed by atoms with Crippen LogP contribution in [0.1, 0.15) is 57.2 Å². The van der Waals surface area contributed by atoms with Gasteiger partial charge in [-0.15, -0.1) is 0 Å². The molecule has 0 saturated heterocycles. The van der Waals surface area contributed by atoms with E-state index < -0.39 is 0 Å². The van der Waals surface area contributed by atoms with E-state index in [1.165, 1.54) is 29.5 Å². The number of hydrogen-bond acceptors (Lipinski definition) is 0. The van der Waals surface area contributed by atoms with Gasteiger partial charge >= 0.3 is 0 Å². The lowest BCUT2D eigenvalue weighted by molar-refractivity contribution is 0.576. The fraction of sp³-hybridized carbons (Fsp3) is 0.625. The summed E-state index contributed by atoms with van der Waals surface area (Å²) in [7, 11) is 0. The Kier molecular flexibility index (Phi) is 7.97. The van der Waals surface area contributed by atoms with Crippen molar-refractivity contribution >= 4 is 0 Å². The summed E-state index contributed by atoms with van der Waals surface area (Å²) in [6, 6.07) is 6.64. The van der Waals surface area contributed by atoms with Crippen LogP contribution in [-0.2, 0) is 6.42 Å². The SMILES string of the molecule is CCCC(C)C.CCc1ccc(C)c(C)c1. The molecule has 0 bridgehead atoms. The van der Waals surface area contributed by atoms with E-state index in [1.807, 2.05) is 0 Å². The third kappa shape index (κ3) is 6.66. The monoisotopic (exact) mass is 220 g/mol. The molecule has 0 unspecified atom stereocenters. The van der Waals surface area contributed by atoms with Crippen molar-refractivity contribution in [1.82, 2.24) is 0 Å². The number of hydrogen-bond donors (Lipinski definition) is 0. The zero-order chi connectivity index (χ0) is 12.6. The third-order valence-corrected chi connectivity index (χ3v) is 2.85. The summed E-state index contributed by atoms with van der Waals surface area (Å²) < 4.78 is 0. The van der Waals surface area contributed by atoms with Crippen molar-refractivity contribution in [1.29, 1.82) is 0 Å². The summed E-state index contributed by atoms with van der Waals surface area (Å²) in [5.74, 6) is 0.898. The van der Waals surface area contributed by atoms with Crippen LogP contribution in [0.15, 0.2) is 18.2 Å². The fourth-order valence-corrected chi connectivity index (χ4v) is 1.60. The van der Waals surface area contributed by atoms with Gasteiger partial charge in [-0.1, -0.05) is 58.7 Å². The molecule has 0 aromatic heterocycles. The Labute approximate surface area is 102 Å². The molecule has 0 N–H and O–H groups in total. The highest BCUT2D eigenvalue weighted by molar-refractivity contribution is 5.29. The van der Waals surface area contributed by atoms with E-state index in [-0.39, 0.29) is 0 Å². The predicted octanol–water partition coefficient (Wildman–Crippen LogP) is 5.31. The zero-order valence-corrected chi connectivity index (χ0v) is 11.9. The van der Waals surface area contributed by atoms with Crippen LogP contribution in [0, 0.1) is 19.8 Å². The Morgan fingerprint density at radius 1 is 1.00 bits per heavy atom. The molecule has 0 aliphatic rings. The van der Waals surface area contributed by atoms with E-state index in [2.05, 4.69) is 59.7 Å². The Hall–Kier alpha value is -0.780. The second kappa shape index (κ2) is 8.38. The summed E-state index contributed by atoms with van der Waals surface area (Å²) in [4.78, 5) is 0. The first-order valence-electron chi connectivity index (χ1n) is 6.57. The summed E-state index contributed by atoms with van der Waals surface area (Å²) in [6.07, 6.45) is 3.85. The molecule has 16 heavy (non-hydrogen) atoms. The quantitative estimate of drug-likeness (QED) is 0.647. The highest BCUT2D eigenvalue weighted by atomic mass is 14.0. The van der Waals surface area contributed by atoms with Crippen molar-refractivity contribution in [2.75, 3.05) is 0 Å². The topological polar surface area (TPSA) is 0 Å². The summed E-state index contributed by atoms with van der Waals surface area (Å²) in [6.45, 7) is 13.2. The molecule has 0 aliphatic heterocycles. The van der Waals surface area contributed by atoms with Gasteiger partial charge in [0, 0.05) is 0 Å². The van der Waals surface area contributed by atoms with Gasteiger partial charge in [-0.05, 0) is 42.9 Å². The smallest absolute Gasteiger partial charge is 0.0307 e. The average molecular weight is 220 g/mol. The summed E-state index contributed by atoms with van der Waals surface area (Å²) in [5.41, 5.74) is 4.22. The van der Waals surface area contributed by atoms with Gasteiger partial charge in [0.2, 0.25) is 0 Å². The lowest BCUT2D eigenvalue weighted by Gasteiger charge is -2.01. The first-order valence-corrected chi connectivity index (χ1v) is 6.57. The highest BCUT2D eigenvalue weighted by Crippen LogP contribution is 2.09. The minimum Gasteiger partial charge on any atom is -0.0654 e. The zero-order valence-electron chi connectivity index (χ0n) is 11.9. The van der Waals surface area contributed by atoms with E-state index in [4.69, 9.17) is 0 Å². The van der Waals surface area contributed by atoms with Gasteiger partial charge in [-0.2, -0.15) is 0 Å². The van der Waals surface area contributed by atoms with E-state index in [0.29, 0.717) is 0 Å². The maximum atomic E-state index is 2.26. The average Bonchev–Trinajstić information content (AvgIpc) is 2.23. The minimum absolute atomic E-state index is 0.898. The van der Waals surface area contributed by atoms with Gasteiger partial charge < -0.3 is 0 Å². The maximum Gasteiger partial charge on any atom is -0.0307 e. The summed E-state index contributed by atoms with van der Waals surface area (Å²) >= 11 is 0. The van der Waals surface area contributed by atoms with Gasteiger partial charge in [0.1, 0.15) is 0 Å². The van der Waals surface area contributed by atoms with Crippen LogP contribution >= 0.6 is 0 Å². The first kappa shape index (κ1) is 15.2. The summed E-state index contributed by atoms with van der Waals surface area (Å²) in [5, 5.41) is 0. The lowest BCUT2D eigenvalue weighted by Crippen LogP contribution is -1.84. The van der Waals surface area contributed by atoms with Crippen LogP contribution in [-0.4, -0.2) is 0 Å². The van der Waals surface area contributed by atoms with Gasteiger partial charge in [0.15, 0.2) is 0 Å². The molecule has 1 aromatic rings. The molecule has 0 heteroatoms. The highest BCUT2D eigenvalue weighted by Gasteiger charge is 1.92. The van der Waals surface area contributed by atoms with Crippen molar-refractivity contribution in [2.24, 2.45) is 5.92 Å². The van der Waals surface area contributed by atoms with Crippen LogP contribution in [0.2, 0.25) is 0 Å². The number of rotatable bonds is 3. The fourth-order valence-electron chi connectivity index (χ4n) is 1.60. The predicted molar refractivity (Wildman–Crippen MR) is 75.0 cm³/mol. The number of aryl methyl sites for hydroxylation is 3. The van der Waals surface area contributed by atoms with E-state index in [9.17, 15) is 0 Å². The largest absolute Gasteiger partial charge is 0.0654 e. The van der Waals surface area contributed by atoms with E-state index in [1.54, 1.807) is 0 Å². The molecule has 0 aliphatic carbocycles. The standard InChI is InChI=1S/C10H14.C6H14/c1-4-10-6-5-8(2)9(3)7-10;1-4-5-6(2)3/h5-7H,4H2,1-3H3;6H,4-5H2,1-3H3. The van der Waals surface area contributed by atoms with E-state index >= 15 is 0 Å². The van der Waals surface area contributed by atoms with Gasteiger partial charge in [0.05, 0.1) is 0 Å². The van der Waals surface area contributed by atoms with Crippen LogP contribution in [0.5, 0.6) is 0 Å². The molecular formula is C16H28. The third-order valence-electron chi connectivity index (χ3n) is 2.85. The van der Waals surface area contributed by atoms with Crippen LogP contribution in [0.4, 0.5) is 0 Å². The number of benzene rings is 1. The van der Waals surface area contributed by atoms with Crippen LogP contribution < -0.4 is 0 Å². The van der Waals surface area contributed by atoms with Crippen molar-refractivity contribution in [3.05, 3.63) is 34.9 Å². The van der Waals surface area contributed by atoms with Crippen molar-refractivity contribution in [3.8, 4) is 0 Å².